The molecule has 1 amide bonds. The molecule has 2 atom stereocenters. The van der Waals surface area contributed by atoms with Gasteiger partial charge in [0.15, 0.2) is 0 Å². The van der Waals surface area contributed by atoms with Crippen molar-refractivity contribution in [3.8, 4) is 5.69 Å². The highest BCUT2D eigenvalue weighted by molar-refractivity contribution is 8.00. The van der Waals surface area contributed by atoms with Gasteiger partial charge in [-0.2, -0.15) is 5.10 Å². The molecule has 0 aliphatic heterocycles. The monoisotopic (exact) mass is 428 g/mol. The molecule has 156 valence electrons. The summed E-state index contributed by atoms with van der Waals surface area (Å²) in [5.41, 5.74) is 3.00. The zero-order chi connectivity index (χ0) is 21.6. The molecule has 6 heteroatoms. The van der Waals surface area contributed by atoms with Crippen LogP contribution >= 0.6 is 11.8 Å². The Morgan fingerprint density at radius 1 is 0.903 bits per heavy atom. The summed E-state index contributed by atoms with van der Waals surface area (Å²) in [6, 6.07) is 28.0. The highest BCUT2D eigenvalue weighted by Gasteiger charge is 2.28. The first-order chi connectivity index (χ1) is 15.1. The minimum Gasteiger partial charge on any atom is -0.338 e. The zero-order valence-electron chi connectivity index (χ0n) is 17.5. The average Bonchev–Trinajstić information content (AvgIpc) is 3.37. The van der Waals surface area contributed by atoms with Crippen molar-refractivity contribution in [3.63, 3.8) is 0 Å². The molecule has 0 radical (unpaired) electrons. The molecule has 1 heterocycles. The largest absolute Gasteiger partial charge is 0.338 e. The lowest BCUT2D eigenvalue weighted by Crippen LogP contribution is -2.33. The van der Waals surface area contributed by atoms with Crippen molar-refractivity contribution in [1.82, 2.24) is 19.7 Å². The first kappa shape index (κ1) is 20.9. The number of benzene rings is 3. The van der Waals surface area contributed by atoms with Gasteiger partial charge in [0.05, 0.1) is 11.7 Å². The van der Waals surface area contributed by atoms with Crippen LogP contribution in [0.2, 0.25) is 0 Å². The van der Waals surface area contributed by atoms with Gasteiger partial charge in [0.25, 0.3) is 0 Å². The van der Waals surface area contributed by atoms with E-state index in [0.717, 1.165) is 21.7 Å². The maximum Gasteiger partial charge on any atom is 0.240 e. The molecule has 0 saturated carbocycles. The number of amides is 1. The number of hydrogen-bond acceptors (Lipinski definition) is 4. The highest BCUT2D eigenvalue weighted by Crippen LogP contribution is 2.38. The van der Waals surface area contributed by atoms with Crippen molar-refractivity contribution < 1.29 is 4.79 Å². The van der Waals surface area contributed by atoms with Crippen LogP contribution in [0.5, 0.6) is 0 Å². The van der Waals surface area contributed by atoms with E-state index in [1.807, 2.05) is 96.9 Å². The third-order valence-electron chi connectivity index (χ3n) is 5.31. The quantitative estimate of drug-likeness (QED) is 0.374. The van der Waals surface area contributed by atoms with Gasteiger partial charge in [-0.25, -0.2) is 9.67 Å². The predicted molar refractivity (Wildman–Crippen MR) is 124 cm³/mol. The van der Waals surface area contributed by atoms with Crippen LogP contribution in [-0.4, -0.2) is 32.6 Å². The highest BCUT2D eigenvalue weighted by atomic mass is 32.2. The number of thioether (sulfide) groups is 1. The van der Waals surface area contributed by atoms with Crippen LogP contribution in [0, 0.1) is 0 Å². The first-order valence-corrected chi connectivity index (χ1v) is 11.0. The molecule has 1 aromatic heterocycles. The third kappa shape index (κ3) is 4.86. The van der Waals surface area contributed by atoms with Crippen molar-refractivity contribution in [2.24, 2.45) is 0 Å². The molecule has 2 unspecified atom stereocenters. The molecule has 0 fully saturated rings. The van der Waals surface area contributed by atoms with E-state index in [9.17, 15) is 4.79 Å². The van der Waals surface area contributed by atoms with Crippen LogP contribution in [0.15, 0.2) is 102 Å². The van der Waals surface area contributed by atoms with Crippen LogP contribution in [0.3, 0.4) is 0 Å². The fourth-order valence-corrected chi connectivity index (χ4v) is 4.52. The molecule has 0 aliphatic rings. The lowest BCUT2D eigenvalue weighted by Gasteiger charge is -2.29. The van der Waals surface area contributed by atoms with Crippen LogP contribution in [0.1, 0.15) is 29.3 Å². The van der Waals surface area contributed by atoms with Crippen LogP contribution < -0.4 is 0 Å². The Hall–Kier alpha value is -3.38. The molecule has 31 heavy (non-hydrogen) atoms. The van der Waals surface area contributed by atoms with Gasteiger partial charge >= 0.3 is 0 Å². The second-order valence-corrected chi connectivity index (χ2v) is 8.46. The molecule has 5 nitrogen and oxygen atoms in total. The van der Waals surface area contributed by atoms with Gasteiger partial charge < -0.3 is 4.90 Å². The van der Waals surface area contributed by atoms with Crippen molar-refractivity contribution in [2.75, 3.05) is 7.05 Å². The molecule has 0 aliphatic carbocycles. The van der Waals surface area contributed by atoms with Crippen LogP contribution in [0.4, 0.5) is 0 Å². The molecule has 3 aromatic carbocycles. The number of likely N-dealkylation sites (N-methyl/N-ethyl adjacent to an activating group) is 1. The van der Waals surface area contributed by atoms with Crippen LogP contribution in [-0.2, 0) is 4.79 Å². The summed E-state index contributed by atoms with van der Waals surface area (Å²) >= 11 is 1.58. The molecule has 0 N–H and O–H groups in total. The van der Waals surface area contributed by atoms with Gasteiger partial charge in [0, 0.05) is 11.9 Å². The van der Waals surface area contributed by atoms with E-state index < -0.39 is 0 Å². The fraction of sp³-hybridized carbons (Fsp3) is 0.160. The number of aromatic nitrogens is 3. The summed E-state index contributed by atoms with van der Waals surface area (Å²) in [4.78, 5) is 20.5. The van der Waals surface area contributed by atoms with E-state index in [1.54, 1.807) is 22.8 Å². The van der Waals surface area contributed by atoms with Crippen LogP contribution in [0.25, 0.3) is 5.69 Å². The number of carbonyl (C=O) groups excluding carboxylic acids is 1. The van der Waals surface area contributed by atoms with E-state index in [2.05, 4.69) is 17.0 Å². The molecule has 0 saturated heterocycles. The minimum absolute atomic E-state index is 0.0696. The maximum absolute atomic E-state index is 13.6. The zero-order valence-corrected chi connectivity index (χ0v) is 18.3. The summed E-state index contributed by atoms with van der Waals surface area (Å²) in [7, 11) is 1.87. The van der Waals surface area contributed by atoms with Crippen molar-refractivity contribution in [1.29, 1.82) is 0 Å². The molecular formula is C25H24N4OS. The van der Waals surface area contributed by atoms with Gasteiger partial charge in [0.2, 0.25) is 5.91 Å². The molecule has 0 spiro atoms. The van der Waals surface area contributed by atoms with Gasteiger partial charge in [-0.1, -0.05) is 60.7 Å². The molecular weight excluding hydrogens is 404 g/mol. The van der Waals surface area contributed by atoms with Gasteiger partial charge in [-0.05, 0) is 42.3 Å². The summed E-state index contributed by atoms with van der Waals surface area (Å²) in [6.45, 7) is 2.05. The normalized spacial score (nSPS) is 12.8. The fourth-order valence-electron chi connectivity index (χ4n) is 3.37. The van der Waals surface area contributed by atoms with Gasteiger partial charge in [-0.15, -0.1) is 11.8 Å². The molecule has 4 aromatic rings. The Kier molecular flexibility index (Phi) is 6.48. The third-order valence-corrected chi connectivity index (χ3v) is 6.56. The van der Waals surface area contributed by atoms with Crippen molar-refractivity contribution in [3.05, 3.63) is 109 Å². The Morgan fingerprint density at radius 3 is 2.16 bits per heavy atom. The smallest absolute Gasteiger partial charge is 0.240 e. The summed E-state index contributed by atoms with van der Waals surface area (Å²) < 4.78 is 1.71. The number of carbonyl (C=O) groups is 1. The minimum atomic E-state index is -0.314. The summed E-state index contributed by atoms with van der Waals surface area (Å²) in [5, 5.41) is 3.84. The Balaban J connectivity index is 1.55. The SMILES string of the molecule is CC(c1ccc(-n2cncn2)cc1)N(C)C(=O)C(Sc1ccccc1)c1ccccc1. The summed E-state index contributed by atoms with van der Waals surface area (Å²) in [6.07, 6.45) is 3.18. The van der Waals surface area contributed by atoms with Crippen molar-refractivity contribution in [2.45, 2.75) is 23.1 Å². The number of rotatable bonds is 7. The standard InChI is InChI=1S/C25H24N4OS/c1-19(20-13-15-22(16-14-20)29-18-26-17-27-29)28(2)25(30)24(21-9-5-3-6-10-21)31-23-11-7-4-8-12-23/h3-19,24H,1-2H3. The Labute approximate surface area is 186 Å². The Morgan fingerprint density at radius 2 is 1.55 bits per heavy atom. The van der Waals surface area contributed by atoms with E-state index in [-0.39, 0.29) is 17.2 Å². The average molecular weight is 429 g/mol. The Bertz CT molecular complexity index is 1100. The maximum atomic E-state index is 13.6. The lowest BCUT2D eigenvalue weighted by molar-refractivity contribution is -0.131. The van der Waals surface area contributed by atoms with Gasteiger partial charge in [0.1, 0.15) is 17.9 Å². The number of nitrogens with zero attached hydrogens (tertiary/aromatic N) is 4. The van der Waals surface area contributed by atoms with E-state index in [4.69, 9.17) is 0 Å². The first-order valence-electron chi connectivity index (χ1n) is 10.1. The summed E-state index contributed by atoms with van der Waals surface area (Å²) in [5.74, 6) is 0.0768. The van der Waals surface area contributed by atoms with Gasteiger partial charge in [-0.3, -0.25) is 4.79 Å². The second-order valence-electron chi connectivity index (χ2n) is 7.28. The second kappa shape index (κ2) is 9.62. The lowest BCUT2D eigenvalue weighted by atomic mass is 10.1. The van der Waals surface area contributed by atoms with E-state index >= 15 is 0 Å². The number of hydrogen-bond donors (Lipinski definition) is 0. The van der Waals surface area contributed by atoms with E-state index in [0.29, 0.717) is 0 Å². The topological polar surface area (TPSA) is 51.0 Å². The molecule has 0 bridgehead atoms. The molecule has 4 rings (SSSR count). The van der Waals surface area contributed by atoms with E-state index in [1.165, 1.54) is 6.33 Å². The predicted octanol–water partition coefficient (Wildman–Crippen LogP) is 5.32. The van der Waals surface area contributed by atoms with Crippen molar-refractivity contribution >= 4 is 17.7 Å².